The topological polar surface area (TPSA) is 93.1 Å². The highest BCUT2D eigenvalue weighted by Crippen LogP contribution is 2.35. The van der Waals surface area contributed by atoms with E-state index in [1.165, 1.54) is 38.5 Å². The third-order valence-corrected chi connectivity index (χ3v) is 5.58. The average molecular weight is 453 g/mol. The molecule has 0 radical (unpaired) electrons. The molecule has 1 aliphatic heterocycles. The Labute approximate surface area is 194 Å². The number of allylic oxidation sites excluding steroid dienone is 3. The minimum absolute atomic E-state index is 0.180. The van der Waals surface area contributed by atoms with Crippen LogP contribution < -0.4 is 0 Å². The molecule has 0 aromatic heterocycles. The maximum Gasteiger partial charge on any atom is 0.339 e. The maximum absolute atomic E-state index is 12.6. The van der Waals surface area contributed by atoms with Gasteiger partial charge in [-0.25, -0.2) is 4.79 Å². The van der Waals surface area contributed by atoms with Crippen molar-refractivity contribution in [2.45, 2.75) is 116 Å². The predicted molar refractivity (Wildman–Crippen MR) is 126 cm³/mol. The number of hydrogen-bond donors (Lipinski definition) is 2. The maximum atomic E-state index is 12.6. The van der Waals surface area contributed by atoms with E-state index < -0.39 is 41.8 Å². The van der Waals surface area contributed by atoms with Gasteiger partial charge in [0, 0.05) is 19.4 Å². The Balaban J connectivity index is 2.44. The van der Waals surface area contributed by atoms with Gasteiger partial charge in [0.2, 0.25) is 0 Å². The molecule has 0 spiro atoms. The van der Waals surface area contributed by atoms with Gasteiger partial charge in [-0.05, 0) is 52.5 Å². The number of carbonyl (C=O) groups is 2. The molecule has 0 aromatic carbocycles. The Morgan fingerprint density at radius 3 is 2.34 bits per heavy atom. The fourth-order valence-electron chi connectivity index (χ4n) is 3.79. The van der Waals surface area contributed by atoms with E-state index in [1.54, 1.807) is 20.8 Å². The molecule has 1 rings (SSSR count). The summed E-state index contributed by atoms with van der Waals surface area (Å²) >= 11 is 0. The molecule has 0 bridgehead atoms. The Bertz CT molecular complexity index is 618. The van der Waals surface area contributed by atoms with Gasteiger partial charge in [0.05, 0.1) is 0 Å². The van der Waals surface area contributed by atoms with Gasteiger partial charge in [-0.3, -0.25) is 4.79 Å². The SMILES string of the molecule is CCCCCCCC/C=C\CC/C=C/[C@H]1C[C@@H](C(O)(CCO)C(=O)OC(C)(C)C)C(=O)O1. The Hall–Kier alpha value is -1.66. The highest BCUT2D eigenvalue weighted by atomic mass is 16.6. The first-order valence-corrected chi connectivity index (χ1v) is 12.2. The van der Waals surface area contributed by atoms with Crippen LogP contribution in [0.2, 0.25) is 0 Å². The lowest BCUT2D eigenvalue weighted by molar-refractivity contribution is -0.188. The molecule has 1 unspecified atom stereocenters. The van der Waals surface area contributed by atoms with E-state index in [0.717, 1.165) is 19.3 Å². The lowest BCUT2D eigenvalue weighted by atomic mass is 9.82. The van der Waals surface area contributed by atoms with Gasteiger partial charge < -0.3 is 19.7 Å². The van der Waals surface area contributed by atoms with Crippen molar-refractivity contribution in [1.29, 1.82) is 0 Å². The summed E-state index contributed by atoms with van der Waals surface area (Å²) in [5.41, 5.74) is -2.91. The van der Waals surface area contributed by atoms with Crippen molar-refractivity contribution in [3.8, 4) is 0 Å². The number of hydrogen-bond acceptors (Lipinski definition) is 6. The largest absolute Gasteiger partial charge is 0.458 e. The summed E-state index contributed by atoms with van der Waals surface area (Å²) in [5, 5.41) is 20.3. The van der Waals surface area contributed by atoms with Crippen LogP contribution in [-0.2, 0) is 19.1 Å². The highest BCUT2D eigenvalue weighted by Gasteiger charge is 2.54. The van der Waals surface area contributed by atoms with E-state index in [4.69, 9.17) is 9.47 Å². The number of unbranched alkanes of at least 4 members (excludes halogenated alkanes) is 7. The molecule has 1 saturated heterocycles. The van der Waals surface area contributed by atoms with E-state index in [2.05, 4.69) is 19.1 Å². The normalized spacial score (nSPS) is 21.2. The Kier molecular flexibility index (Phi) is 12.8. The number of esters is 2. The van der Waals surface area contributed by atoms with E-state index in [1.807, 2.05) is 12.2 Å². The van der Waals surface area contributed by atoms with Crippen LogP contribution in [0.15, 0.2) is 24.3 Å². The second-order valence-corrected chi connectivity index (χ2v) is 9.70. The zero-order chi connectivity index (χ0) is 24.0. The summed E-state index contributed by atoms with van der Waals surface area (Å²) in [6.07, 6.45) is 18.3. The molecule has 6 nitrogen and oxygen atoms in total. The molecule has 0 aromatic rings. The lowest BCUT2D eigenvalue weighted by Gasteiger charge is -2.32. The highest BCUT2D eigenvalue weighted by molar-refractivity contribution is 5.88. The zero-order valence-corrected chi connectivity index (χ0v) is 20.5. The van der Waals surface area contributed by atoms with Gasteiger partial charge in [-0.15, -0.1) is 0 Å². The van der Waals surface area contributed by atoms with Gasteiger partial charge >= 0.3 is 11.9 Å². The third-order valence-electron chi connectivity index (χ3n) is 5.58. The Morgan fingerprint density at radius 2 is 1.69 bits per heavy atom. The van der Waals surface area contributed by atoms with Crippen molar-refractivity contribution < 1.29 is 29.3 Å². The summed E-state index contributed by atoms with van der Waals surface area (Å²) in [4.78, 5) is 24.9. The number of cyclic esters (lactones) is 1. The summed E-state index contributed by atoms with van der Waals surface area (Å²) in [6, 6.07) is 0. The molecule has 3 atom stereocenters. The number of carbonyl (C=O) groups excluding carboxylic acids is 2. The van der Waals surface area contributed by atoms with Gasteiger partial charge in [-0.2, -0.15) is 0 Å². The van der Waals surface area contributed by atoms with Crippen LogP contribution in [0.25, 0.3) is 0 Å². The van der Waals surface area contributed by atoms with Gasteiger partial charge in [0.15, 0.2) is 5.60 Å². The molecule has 0 amide bonds. The molecule has 1 fully saturated rings. The number of ether oxygens (including phenoxy) is 2. The molecule has 184 valence electrons. The fourth-order valence-corrected chi connectivity index (χ4v) is 3.79. The molecule has 32 heavy (non-hydrogen) atoms. The van der Waals surface area contributed by atoms with Crippen LogP contribution in [0.1, 0.15) is 98.3 Å². The van der Waals surface area contributed by atoms with Gasteiger partial charge in [0.25, 0.3) is 0 Å². The average Bonchev–Trinajstić information content (AvgIpc) is 3.08. The Morgan fingerprint density at radius 1 is 1.06 bits per heavy atom. The summed E-state index contributed by atoms with van der Waals surface area (Å²) < 4.78 is 10.6. The minimum Gasteiger partial charge on any atom is -0.458 e. The van der Waals surface area contributed by atoms with E-state index in [0.29, 0.717) is 0 Å². The van der Waals surface area contributed by atoms with Crippen LogP contribution in [-0.4, -0.2) is 46.1 Å². The fraction of sp³-hybridized carbons (Fsp3) is 0.769. The quantitative estimate of drug-likeness (QED) is 0.206. The molecular formula is C26H44O6. The number of rotatable bonds is 15. The predicted octanol–water partition coefficient (Wildman–Crippen LogP) is 5.02. The third kappa shape index (κ3) is 10.3. The molecule has 1 heterocycles. The van der Waals surface area contributed by atoms with Gasteiger partial charge in [0.1, 0.15) is 17.6 Å². The van der Waals surface area contributed by atoms with Gasteiger partial charge in [-0.1, -0.05) is 57.3 Å². The van der Waals surface area contributed by atoms with Crippen molar-refractivity contribution in [2.75, 3.05) is 6.61 Å². The van der Waals surface area contributed by atoms with Crippen molar-refractivity contribution >= 4 is 11.9 Å². The smallest absolute Gasteiger partial charge is 0.339 e. The summed E-state index contributed by atoms with van der Waals surface area (Å²) in [6.45, 7) is 6.85. The van der Waals surface area contributed by atoms with E-state index in [9.17, 15) is 19.8 Å². The second kappa shape index (κ2) is 14.5. The molecule has 0 aliphatic carbocycles. The minimum atomic E-state index is -2.10. The lowest BCUT2D eigenvalue weighted by Crippen LogP contribution is -2.51. The number of aliphatic hydroxyl groups is 2. The zero-order valence-electron chi connectivity index (χ0n) is 20.5. The van der Waals surface area contributed by atoms with Crippen molar-refractivity contribution in [2.24, 2.45) is 5.92 Å². The van der Waals surface area contributed by atoms with Crippen molar-refractivity contribution in [3.63, 3.8) is 0 Å². The molecule has 1 aliphatic rings. The van der Waals surface area contributed by atoms with Crippen molar-refractivity contribution in [1.82, 2.24) is 0 Å². The van der Waals surface area contributed by atoms with E-state index >= 15 is 0 Å². The van der Waals surface area contributed by atoms with Crippen LogP contribution in [0, 0.1) is 5.92 Å². The first kappa shape index (κ1) is 28.4. The van der Waals surface area contributed by atoms with Crippen LogP contribution in [0.4, 0.5) is 0 Å². The van der Waals surface area contributed by atoms with Crippen LogP contribution in [0.5, 0.6) is 0 Å². The first-order chi connectivity index (χ1) is 15.1. The molecule has 2 N–H and O–H groups in total. The summed E-state index contributed by atoms with van der Waals surface area (Å²) in [5.74, 6) is -2.60. The standard InChI is InChI=1S/C26H44O6/c1-5-6-7-8-9-10-11-12-13-14-15-16-17-21-20-22(23(28)31-21)26(30,18-19-27)24(29)32-25(2,3)4/h12-13,16-17,21-22,27,30H,5-11,14-15,18-20H2,1-4H3/b13-12-,17-16+/t21-,22+,26?/m0/s1. The second-order valence-electron chi connectivity index (χ2n) is 9.70. The van der Waals surface area contributed by atoms with Crippen molar-refractivity contribution in [3.05, 3.63) is 24.3 Å². The first-order valence-electron chi connectivity index (χ1n) is 12.2. The molecule has 0 saturated carbocycles. The summed E-state index contributed by atoms with van der Waals surface area (Å²) in [7, 11) is 0. The number of aliphatic hydroxyl groups excluding tert-OH is 1. The molecular weight excluding hydrogens is 408 g/mol. The molecule has 6 heteroatoms. The van der Waals surface area contributed by atoms with Crippen LogP contribution >= 0.6 is 0 Å². The monoisotopic (exact) mass is 452 g/mol. The van der Waals surface area contributed by atoms with Crippen LogP contribution in [0.3, 0.4) is 0 Å². The van der Waals surface area contributed by atoms with E-state index in [-0.39, 0.29) is 12.8 Å².